The van der Waals surface area contributed by atoms with Crippen LogP contribution in [0.2, 0.25) is 0 Å². The summed E-state index contributed by atoms with van der Waals surface area (Å²) in [5.74, 6) is 0.426. The van der Waals surface area contributed by atoms with Crippen LogP contribution in [-0.4, -0.2) is 19.5 Å². The lowest BCUT2D eigenvalue weighted by Crippen LogP contribution is -2.16. The van der Waals surface area contributed by atoms with E-state index in [1.54, 1.807) is 0 Å². The van der Waals surface area contributed by atoms with Crippen molar-refractivity contribution in [2.24, 2.45) is 5.92 Å². The zero-order chi connectivity index (χ0) is 11.5. The van der Waals surface area contributed by atoms with Gasteiger partial charge in [0.15, 0.2) is 0 Å². The monoisotopic (exact) mass is 218 g/mol. The molecule has 2 rings (SSSR count). The third kappa shape index (κ3) is 2.54. The van der Waals surface area contributed by atoms with E-state index in [9.17, 15) is 4.79 Å². The molecule has 1 N–H and O–H groups in total. The van der Waals surface area contributed by atoms with Gasteiger partial charge in [0.1, 0.15) is 0 Å². The first-order valence-electron chi connectivity index (χ1n) is 5.82. The molecule has 0 saturated heterocycles. The van der Waals surface area contributed by atoms with Crippen LogP contribution in [0.25, 0.3) is 0 Å². The summed E-state index contributed by atoms with van der Waals surface area (Å²) in [6.45, 7) is 3.09. The minimum absolute atomic E-state index is 0.164. The Labute approximate surface area is 96.5 Å². The second-order valence-electron chi connectivity index (χ2n) is 4.32. The van der Waals surface area contributed by atoms with Crippen LogP contribution in [0.15, 0.2) is 24.3 Å². The van der Waals surface area contributed by atoms with E-state index in [1.807, 2.05) is 24.3 Å². The molecule has 0 unspecified atom stereocenters. The fourth-order valence-electron chi connectivity index (χ4n) is 1.57. The van der Waals surface area contributed by atoms with E-state index in [0.29, 0.717) is 0 Å². The van der Waals surface area contributed by atoms with Gasteiger partial charge in [0, 0.05) is 30.9 Å². The highest BCUT2D eigenvalue weighted by Crippen LogP contribution is 2.30. The van der Waals surface area contributed by atoms with Gasteiger partial charge >= 0.3 is 0 Å². The average Bonchev–Trinajstić information content (AvgIpc) is 3.13. The Hall–Kier alpha value is -1.51. The van der Waals surface area contributed by atoms with Gasteiger partial charge in [0.25, 0.3) is 0 Å². The van der Waals surface area contributed by atoms with Crippen molar-refractivity contribution in [2.75, 3.05) is 23.8 Å². The smallest absolute Gasteiger partial charge is 0.227 e. The van der Waals surface area contributed by atoms with Crippen molar-refractivity contribution in [2.45, 2.75) is 19.8 Å². The van der Waals surface area contributed by atoms with Gasteiger partial charge in [0.2, 0.25) is 5.91 Å². The number of carbonyl (C=O) groups is 1. The van der Waals surface area contributed by atoms with E-state index < -0.39 is 0 Å². The van der Waals surface area contributed by atoms with Crippen LogP contribution >= 0.6 is 0 Å². The fraction of sp³-hybridized carbons (Fsp3) is 0.462. The number of nitrogens with zero attached hydrogens (tertiary/aromatic N) is 1. The normalized spacial score (nSPS) is 14.6. The summed E-state index contributed by atoms with van der Waals surface area (Å²) in [4.78, 5) is 13.7. The van der Waals surface area contributed by atoms with E-state index >= 15 is 0 Å². The Bertz CT molecular complexity index is 368. The third-order valence-electron chi connectivity index (χ3n) is 3.00. The van der Waals surface area contributed by atoms with Crippen molar-refractivity contribution in [3.8, 4) is 0 Å². The molecule has 1 fully saturated rings. The summed E-state index contributed by atoms with van der Waals surface area (Å²) in [5.41, 5.74) is 2.07. The molecule has 3 heteroatoms. The number of amides is 1. The molecule has 1 aromatic rings. The van der Waals surface area contributed by atoms with Gasteiger partial charge < -0.3 is 10.2 Å². The highest BCUT2D eigenvalue weighted by Gasteiger charge is 2.29. The molecule has 0 spiro atoms. The summed E-state index contributed by atoms with van der Waals surface area (Å²) < 4.78 is 0. The Kier molecular flexibility index (Phi) is 3.13. The SMILES string of the molecule is CCN(C)c1ccc(NC(=O)C2CC2)cc1. The summed E-state index contributed by atoms with van der Waals surface area (Å²) >= 11 is 0. The number of nitrogens with one attached hydrogen (secondary N) is 1. The zero-order valence-corrected chi connectivity index (χ0v) is 9.86. The van der Waals surface area contributed by atoms with Crippen LogP contribution < -0.4 is 10.2 Å². The maximum Gasteiger partial charge on any atom is 0.227 e. The van der Waals surface area contributed by atoms with Crippen LogP contribution in [0, 0.1) is 5.92 Å². The summed E-state index contributed by atoms with van der Waals surface area (Å²) in [7, 11) is 2.05. The van der Waals surface area contributed by atoms with E-state index in [1.165, 1.54) is 5.69 Å². The predicted octanol–water partition coefficient (Wildman–Crippen LogP) is 2.49. The molecule has 0 aromatic heterocycles. The first kappa shape index (κ1) is 11.0. The lowest BCUT2D eigenvalue weighted by molar-refractivity contribution is -0.117. The highest BCUT2D eigenvalue weighted by molar-refractivity contribution is 5.94. The molecule has 16 heavy (non-hydrogen) atoms. The highest BCUT2D eigenvalue weighted by atomic mass is 16.2. The van der Waals surface area contributed by atoms with E-state index in [2.05, 4.69) is 24.2 Å². The van der Waals surface area contributed by atoms with Crippen molar-refractivity contribution in [1.82, 2.24) is 0 Å². The van der Waals surface area contributed by atoms with E-state index in [-0.39, 0.29) is 11.8 Å². The van der Waals surface area contributed by atoms with Crippen molar-refractivity contribution in [3.63, 3.8) is 0 Å². The minimum Gasteiger partial charge on any atom is -0.375 e. The molecule has 1 aromatic carbocycles. The zero-order valence-electron chi connectivity index (χ0n) is 9.86. The molecule has 1 amide bonds. The largest absolute Gasteiger partial charge is 0.375 e. The maximum atomic E-state index is 11.5. The topological polar surface area (TPSA) is 32.3 Å². The van der Waals surface area contributed by atoms with Gasteiger partial charge in [-0.05, 0) is 44.0 Å². The maximum absolute atomic E-state index is 11.5. The molecule has 3 nitrogen and oxygen atoms in total. The Morgan fingerprint density at radius 1 is 1.38 bits per heavy atom. The van der Waals surface area contributed by atoms with Gasteiger partial charge in [-0.15, -0.1) is 0 Å². The van der Waals surface area contributed by atoms with Crippen molar-refractivity contribution in [3.05, 3.63) is 24.3 Å². The molecular weight excluding hydrogens is 200 g/mol. The molecule has 0 radical (unpaired) electrons. The second-order valence-corrected chi connectivity index (χ2v) is 4.32. The quantitative estimate of drug-likeness (QED) is 0.842. The third-order valence-corrected chi connectivity index (χ3v) is 3.00. The number of anilines is 2. The lowest BCUT2D eigenvalue weighted by Gasteiger charge is -2.17. The molecular formula is C13H18N2O. The van der Waals surface area contributed by atoms with Crippen molar-refractivity contribution >= 4 is 17.3 Å². The Morgan fingerprint density at radius 3 is 2.50 bits per heavy atom. The number of benzene rings is 1. The standard InChI is InChI=1S/C13H18N2O/c1-3-15(2)12-8-6-11(7-9-12)14-13(16)10-4-5-10/h6-10H,3-5H2,1-2H3,(H,14,16). The van der Waals surface area contributed by atoms with Crippen molar-refractivity contribution in [1.29, 1.82) is 0 Å². The van der Waals surface area contributed by atoms with Gasteiger partial charge in [-0.3, -0.25) is 4.79 Å². The molecule has 0 heterocycles. The number of hydrogen-bond acceptors (Lipinski definition) is 2. The molecule has 0 atom stereocenters. The van der Waals surface area contributed by atoms with Crippen LogP contribution in [0.3, 0.4) is 0 Å². The molecule has 1 saturated carbocycles. The van der Waals surface area contributed by atoms with Crippen LogP contribution in [0.1, 0.15) is 19.8 Å². The molecule has 1 aliphatic rings. The van der Waals surface area contributed by atoms with Gasteiger partial charge in [-0.1, -0.05) is 0 Å². The molecule has 86 valence electrons. The number of rotatable bonds is 4. The van der Waals surface area contributed by atoms with Gasteiger partial charge in [-0.25, -0.2) is 0 Å². The second kappa shape index (κ2) is 4.56. The number of hydrogen-bond donors (Lipinski definition) is 1. The van der Waals surface area contributed by atoms with Crippen LogP contribution in [0.5, 0.6) is 0 Å². The van der Waals surface area contributed by atoms with Crippen molar-refractivity contribution < 1.29 is 4.79 Å². The first-order chi connectivity index (χ1) is 7.70. The molecule has 1 aliphatic carbocycles. The summed E-state index contributed by atoms with van der Waals surface area (Å²) in [6, 6.07) is 7.99. The average molecular weight is 218 g/mol. The Morgan fingerprint density at radius 2 is 2.00 bits per heavy atom. The predicted molar refractivity (Wildman–Crippen MR) is 66.7 cm³/mol. The Balaban J connectivity index is 1.98. The summed E-state index contributed by atoms with van der Waals surface area (Å²) in [6.07, 6.45) is 2.09. The molecule has 0 aliphatic heterocycles. The van der Waals surface area contributed by atoms with Gasteiger partial charge in [0.05, 0.1) is 0 Å². The first-order valence-corrected chi connectivity index (χ1v) is 5.82. The van der Waals surface area contributed by atoms with Crippen LogP contribution in [0.4, 0.5) is 11.4 Å². The number of carbonyl (C=O) groups excluding carboxylic acids is 1. The van der Waals surface area contributed by atoms with Crippen LogP contribution in [-0.2, 0) is 4.79 Å². The minimum atomic E-state index is 0.164. The fourth-order valence-corrected chi connectivity index (χ4v) is 1.57. The van der Waals surface area contributed by atoms with E-state index in [0.717, 1.165) is 25.1 Å². The van der Waals surface area contributed by atoms with E-state index in [4.69, 9.17) is 0 Å². The van der Waals surface area contributed by atoms with Gasteiger partial charge in [-0.2, -0.15) is 0 Å². The molecule has 0 bridgehead atoms. The summed E-state index contributed by atoms with van der Waals surface area (Å²) in [5, 5.41) is 2.93. The lowest BCUT2D eigenvalue weighted by atomic mass is 10.2.